The number of hydrogen-bond donors (Lipinski definition) is 1. The van der Waals surface area contributed by atoms with Crippen LogP contribution >= 0.6 is 0 Å². The standard InChI is InChI=1S/C12H12N2O4/c1-8-2-3-10-9(11(8)14(17)18)4-5-13(6-7-15)12(10)16/h2-5,15H,6-7H2,1H3. The highest BCUT2D eigenvalue weighted by atomic mass is 16.6. The van der Waals surface area contributed by atoms with E-state index < -0.39 is 4.92 Å². The topological polar surface area (TPSA) is 85.4 Å². The van der Waals surface area contributed by atoms with E-state index >= 15 is 0 Å². The number of aryl methyl sites for hydroxylation is 1. The van der Waals surface area contributed by atoms with Crippen LogP contribution < -0.4 is 5.56 Å². The minimum absolute atomic E-state index is 0.0410. The summed E-state index contributed by atoms with van der Waals surface area (Å²) in [5, 5.41) is 20.5. The molecule has 1 aromatic carbocycles. The lowest BCUT2D eigenvalue weighted by Crippen LogP contribution is -2.21. The third kappa shape index (κ3) is 1.86. The Balaban J connectivity index is 2.82. The molecule has 0 amide bonds. The van der Waals surface area contributed by atoms with E-state index in [1.165, 1.54) is 16.8 Å². The highest BCUT2D eigenvalue weighted by Crippen LogP contribution is 2.26. The number of benzene rings is 1. The normalized spacial score (nSPS) is 10.8. The minimum atomic E-state index is -0.479. The van der Waals surface area contributed by atoms with Gasteiger partial charge in [-0.1, -0.05) is 6.07 Å². The monoisotopic (exact) mass is 248 g/mol. The summed E-state index contributed by atoms with van der Waals surface area (Å²) >= 11 is 0. The molecule has 6 nitrogen and oxygen atoms in total. The van der Waals surface area contributed by atoms with Crippen molar-refractivity contribution >= 4 is 16.5 Å². The van der Waals surface area contributed by atoms with Gasteiger partial charge in [-0.05, 0) is 19.1 Å². The highest BCUT2D eigenvalue weighted by molar-refractivity contribution is 5.91. The third-order valence-electron chi connectivity index (χ3n) is 2.85. The molecule has 2 rings (SSSR count). The van der Waals surface area contributed by atoms with Crippen LogP contribution in [0.2, 0.25) is 0 Å². The van der Waals surface area contributed by atoms with Gasteiger partial charge in [0.1, 0.15) is 0 Å². The summed E-state index contributed by atoms with van der Waals surface area (Å²) < 4.78 is 1.33. The van der Waals surface area contributed by atoms with Gasteiger partial charge in [0, 0.05) is 18.3 Å². The molecule has 0 fully saturated rings. The fourth-order valence-electron chi connectivity index (χ4n) is 1.99. The fourth-order valence-corrected chi connectivity index (χ4v) is 1.99. The summed E-state index contributed by atoms with van der Waals surface area (Å²) in [6, 6.07) is 4.68. The highest BCUT2D eigenvalue weighted by Gasteiger charge is 2.17. The average molecular weight is 248 g/mol. The predicted octanol–water partition coefficient (Wildman–Crippen LogP) is 1.21. The van der Waals surface area contributed by atoms with Gasteiger partial charge in [0.25, 0.3) is 11.2 Å². The van der Waals surface area contributed by atoms with Gasteiger partial charge in [-0.3, -0.25) is 14.9 Å². The van der Waals surface area contributed by atoms with Crippen molar-refractivity contribution in [1.82, 2.24) is 4.57 Å². The Bertz CT molecular complexity index is 676. The molecule has 18 heavy (non-hydrogen) atoms. The Kier molecular flexibility index (Phi) is 3.12. The number of aromatic nitrogens is 1. The van der Waals surface area contributed by atoms with Crippen molar-refractivity contribution in [3.63, 3.8) is 0 Å². The van der Waals surface area contributed by atoms with Crippen molar-refractivity contribution in [1.29, 1.82) is 0 Å². The Morgan fingerprint density at radius 2 is 2.06 bits per heavy atom. The molecule has 0 aliphatic carbocycles. The Morgan fingerprint density at radius 3 is 2.67 bits per heavy atom. The van der Waals surface area contributed by atoms with E-state index in [1.807, 2.05) is 0 Å². The zero-order valence-electron chi connectivity index (χ0n) is 9.79. The van der Waals surface area contributed by atoms with Crippen molar-refractivity contribution in [3.05, 3.63) is 50.4 Å². The number of nitro benzene ring substituents is 1. The molecular weight excluding hydrogens is 236 g/mol. The quantitative estimate of drug-likeness (QED) is 0.653. The lowest BCUT2D eigenvalue weighted by molar-refractivity contribution is -0.383. The predicted molar refractivity (Wildman–Crippen MR) is 66.7 cm³/mol. The number of rotatable bonds is 3. The molecule has 94 valence electrons. The van der Waals surface area contributed by atoms with Gasteiger partial charge in [-0.2, -0.15) is 0 Å². The third-order valence-corrected chi connectivity index (χ3v) is 2.85. The van der Waals surface area contributed by atoms with Gasteiger partial charge < -0.3 is 9.67 Å². The zero-order chi connectivity index (χ0) is 13.3. The van der Waals surface area contributed by atoms with E-state index in [1.54, 1.807) is 19.1 Å². The number of nitro groups is 1. The van der Waals surface area contributed by atoms with Gasteiger partial charge in [0.05, 0.1) is 22.3 Å². The SMILES string of the molecule is Cc1ccc2c(=O)n(CCO)ccc2c1[N+](=O)[O-]. The lowest BCUT2D eigenvalue weighted by Gasteiger charge is -2.06. The van der Waals surface area contributed by atoms with Crippen molar-refractivity contribution in [2.45, 2.75) is 13.5 Å². The van der Waals surface area contributed by atoms with E-state index in [0.717, 1.165) is 0 Å². The second-order valence-corrected chi connectivity index (χ2v) is 3.99. The van der Waals surface area contributed by atoms with E-state index in [-0.39, 0.29) is 24.4 Å². The number of aliphatic hydroxyl groups excluding tert-OH is 1. The molecule has 2 aromatic rings. The van der Waals surface area contributed by atoms with Crippen LogP contribution in [-0.4, -0.2) is 21.2 Å². The first-order chi connectivity index (χ1) is 8.56. The van der Waals surface area contributed by atoms with E-state index in [0.29, 0.717) is 16.3 Å². The zero-order valence-corrected chi connectivity index (χ0v) is 9.79. The summed E-state index contributed by atoms with van der Waals surface area (Å²) in [6.07, 6.45) is 1.47. The van der Waals surface area contributed by atoms with Crippen LogP contribution in [0, 0.1) is 17.0 Å². The van der Waals surface area contributed by atoms with Gasteiger partial charge in [0.2, 0.25) is 0 Å². The summed E-state index contributed by atoms with van der Waals surface area (Å²) in [7, 11) is 0. The van der Waals surface area contributed by atoms with Crippen molar-refractivity contribution in [3.8, 4) is 0 Å². The Hall–Kier alpha value is -2.21. The maximum Gasteiger partial charge on any atom is 0.280 e. The van der Waals surface area contributed by atoms with Crippen LogP contribution in [0.3, 0.4) is 0 Å². The first kappa shape index (κ1) is 12.3. The summed E-state index contributed by atoms with van der Waals surface area (Å²) in [5.41, 5.74) is 0.150. The van der Waals surface area contributed by atoms with Crippen LogP contribution in [0.1, 0.15) is 5.56 Å². The summed E-state index contributed by atoms with van der Waals surface area (Å²) in [4.78, 5) is 22.6. The van der Waals surface area contributed by atoms with Crippen LogP contribution in [0.25, 0.3) is 10.8 Å². The smallest absolute Gasteiger partial charge is 0.280 e. The summed E-state index contributed by atoms with van der Waals surface area (Å²) in [6.45, 7) is 1.66. The molecule has 0 radical (unpaired) electrons. The minimum Gasteiger partial charge on any atom is -0.395 e. The Labute approximate surface area is 102 Å². The lowest BCUT2D eigenvalue weighted by atomic mass is 10.1. The van der Waals surface area contributed by atoms with Gasteiger partial charge in [-0.25, -0.2) is 0 Å². The van der Waals surface area contributed by atoms with Crippen LogP contribution in [-0.2, 0) is 6.54 Å². The van der Waals surface area contributed by atoms with Gasteiger partial charge in [-0.15, -0.1) is 0 Å². The molecule has 0 atom stereocenters. The maximum atomic E-state index is 12.0. The molecule has 0 spiro atoms. The fraction of sp³-hybridized carbons (Fsp3) is 0.250. The largest absolute Gasteiger partial charge is 0.395 e. The van der Waals surface area contributed by atoms with Crippen LogP contribution in [0.4, 0.5) is 5.69 Å². The van der Waals surface area contributed by atoms with Crippen molar-refractivity contribution in [2.24, 2.45) is 0 Å². The Morgan fingerprint density at radius 1 is 1.33 bits per heavy atom. The van der Waals surface area contributed by atoms with E-state index in [2.05, 4.69) is 0 Å². The van der Waals surface area contributed by atoms with Crippen molar-refractivity contribution < 1.29 is 10.0 Å². The first-order valence-electron chi connectivity index (χ1n) is 5.44. The average Bonchev–Trinajstić information content (AvgIpc) is 2.32. The summed E-state index contributed by atoms with van der Waals surface area (Å²) in [5.74, 6) is 0. The molecule has 0 saturated heterocycles. The number of aliphatic hydroxyl groups is 1. The number of fused-ring (bicyclic) bond motifs is 1. The molecule has 1 aromatic heterocycles. The molecule has 0 aliphatic heterocycles. The molecule has 0 unspecified atom stereocenters. The van der Waals surface area contributed by atoms with Gasteiger partial charge >= 0.3 is 0 Å². The maximum absolute atomic E-state index is 12.0. The van der Waals surface area contributed by atoms with Crippen LogP contribution in [0.5, 0.6) is 0 Å². The number of pyridine rings is 1. The first-order valence-corrected chi connectivity index (χ1v) is 5.44. The molecule has 1 N–H and O–H groups in total. The number of hydrogen-bond acceptors (Lipinski definition) is 4. The second-order valence-electron chi connectivity index (χ2n) is 3.99. The molecule has 1 heterocycles. The molecular formula is C12H12N2O4. The second kappa shape index (κ2) is 4.58. The van der Waals surface area contributed by atoms with Crippen LogP contribution in [0.15, 0.2) is 29.2 Å². The van der Waals surface area contributed by atoms with Gasteiger partial charge in [0.15, 0.2) is 0 Å². The molecule has 0 saturated carbocycles. The van der Waals surface area contributed by atoms with E-state index in [9.17, 15) is 14.9 Å². The number of nitrogens with zero attached hydrogens (tertiary/aromatic N) is 2. The van der Waals surface area contributed by atoms with Crippen molar-refractivity contribution in [2.75, 3.05) is 6.61 Å². The molecule has 6 heteroatoms. The van der Waals surface area contributed by atoms with E-state index in [4.69, 9.17) is 5.11 Å². The molecule has 0 aliphatic rings. The molecule has 0 bridgehead atoms.